The summed E-state index contributed by atoms with van der Waals surface area (Å²) in [4.78, 5) is 0. The monoisotopic (exact) mass is 219 g/mol. The van der Waals surface area contributed by atoms with Crippen molar-refractivity contribution in [1.82, 2.24) is 5.32 Å². The van der Waals surface area contributed by atoms with E-state index in [1.165, 1.54) is 6.42 Å². The predicted molar refractivity (Wildman–Crippen MR) is 60.8 cm³/mol. The molecule has 0 aliphatic carbocycles. The van der Waals surface area contributed by atoms with Crippen LogP contribution in [0.1, 0.15) is 13.3 Å². The molecule has 0 aromatic rings. The lowest BCUT2D eigenvalue weighted by atomic mass is 10.0. The van der Waals surface area contributed by atoms with Crippen LogP contribution in [0.2, 0.25) is 0 Å². The molecule has 1 heterocycles. The highest BCUT2D eigenvalue weighted by Gasteiger charge is 2.24. The number of hydrogen-bond acceptors (Lipinski definition) is 4. The van der Waals surface area contributed by atoms with Gasteiger partial charge in [0.2, 0.25) is 0 Å². The lowest BCUT2D eigenvalue weighted by Crippen LogP contribution is -2.36. The van der Waals surface area contributed by atoms with E-state index < -0.39 is 0 Å². The highest BCUT2D eigenvalue weighted by atomic mass is 32.2. The van der Waals surface area contributed by atoms with Gasteiger partial charge in [-0.3, -0.25) is 0 Å². The van der Waals surface area contributed by atoms with Gasteiger partial charge in [-0.25, -0.2) is 0 Å². The molecular formula is C10H21NO2S. The van der Waals surface area contributed by atoms with Gasteiger partial charge in [-0.2, -0.15) is 11.8 Å². The summed E-state index contributed by atoms with van der Waals surface area (Å²) >= 11 is 1.83. The molecule has 0 amide bonds. The normalized spacial score (nSPS) is 26.4. The van der Waals surface area contributed by atoms with Gasteiger partial charge in [0.05, 0.1) is 13.2 Å². The van der Waals surface area contributed by atoms with Crippen LogP contribution in [0.25, 0.3) is 0 Å². The van der Waals surface area contributed by atoms with Crippen LogP contribution in [0.3, 0.4) is 0 Å². The van der Waals surface area contributed by atoms with E-state index in [1.54, 1.807) is 0 Å². The van der Waals surface area contributed by atoms with E-state index >= 15 is 0 Å². The first-order valence-electron chi connectivity index (χ1n) is 5.25. The minimum atomic E-state index is 0.266. The predicted octanol–water partition coefficient (Wildman–Crippen LogP) is 0.725. The van der Waals surface area contributed by atoms with E-state index in [-0.39, 0.29) is 6.61 Å². The molecule has 0 saturated carbocycles. The minimum Gasteiger partial charge on any atom is -0.395 e. The van der Waals surface area contributed by atoms with Crippen molar-refractivity contribution in [3.63, 3.8) is 0 Å². The number of nitrogens with one attached hydrogen (secondary N) is 1. The van der Waals surface area contributed by atoms with Crippen molar-refractivity contribution in [2.24, 2.45) is 5.92 Å². The zero-order valence-corrected chi connectivity index (χ0v) is 9.85. The summed E-state index contributed by atoms with van der Waals surface area (Å²) in [5.41, 5.74) is 0. The second-order valence-corrected chi connectivity index (χ2v) is 5.32. The van der Waals surface area contributed by atoms with Gasteiger partial charge in [0.25, 0.3) is 0 Å². The van der Waals surface area contributed by atoms with E-state index in [2.05, 4.69) is 12.2 Å². The second-order valence-electron chi connectivity index (χ2n) is 3.85. The molecule has 3 nitrogen and oxygen atoms in total. The maximum absolute atomic E-state index is 8.92. The van der Waals surface area contributed by atoms with E-state index in [0.717, 1.165) is 19.0 Å². The minimum absolute atomic E-state index is 0.266. The van der Waals surface area contributed by atoms with Crippen molar-refractivity contribution < 1.29 is 9.84 Å². The number of rotatable bonds is 6. The Kier molecular flexibility index (Phi) is 5.86. The molecule has 1 aliphatic rings. The number of ether oxygens (including phenoxy) is 1. The Labute approximate surface area is 90.6 Å². The van der Waals surface area contributed by atoms with Gasteiger partial charge in [0.1, 0.15) is 0 Å². The van der Waals surface area contributed by atoms with Gasteiger partial charge in [-0.05, 0) is 13.5 Å². The fourth-order valence-electron chi connectivity index (χ4n) is 1.65. The Morgan fingerprint density at radius 2 is 2.43 bits per heavy atom. The fourth-order valence-corrected chi connectivity index (χ4v) is 2.73. The second kappa shape index (κ2) is 6.67. The molecule has 1 rings (SSSR count). The lowest BCUT2D eigenvalue weighted by Gasteiger charge is -2.22. The first-order chi connectivity index (χ1) is 6.77. The smallest absolute Gasteiger partial charge is 0.0547 e. The molecule has 0 aromatic carbocycles. The average Bonchev–Trinajstić information content (AvgIpc) is 2.72. The van der Waals surface area contributed by atoms with Crippen LogP contribution in [-0.2, 0) is 4.74 Å². The van der Waals surface area contributed by atoms with Gasteiger partial charge in [-0.15, -0.1) is 0 Å². The average molecular weight is 219 g/mol. The van der Waals surface area contributed by atoms with E-state index in [4.69, 9.17) is 9.84 Å². The largest absolute Gasteiger partial charge is 0.395 e. The van der Waals surface area contributed by atoms with E-state index in [0.29, 0.717) is 17.2 Å². The molecule has 0 aromatic heterocycles. The Hall–Kier alpha value is 0.230. The van der Waals surface area contributed by atoms with Crippen LogP contribution in [0, 0.1) is 5.92 Å². The van der Waals surface area contributed by atoms with Crippen molar-refractivity contribution in [3.05, 3.63) is 0 Å². The summed E-state index contributed by atoms with van der Waals surface area (Å²) < 4.78 is 5.37. The lowest BCUT2D eigenvalue weighted by molar-refractivity contribution is 0.179. The van der Waals surface area contributed by atoms with Crippen LogP contribution >= 0.6 is 11.8 Å². The summed E-state index contributed by atoms with van der Waals surface area (Å²) in [5.74, 6) is 1.71. The number of aliphatic hydroxyl groups is 1. The topological polar surface area (TPSA) is 41.5 Å². The van der Waals surface area contributed by atoms with E-state index in [9.17, 15) is 0 Å². The molecule has 3 atom stereocenters. The summed E-state index contributed by atoms with van der Waals surface area (Å²) in [5, 5.41) is 12.6. The Bertz CT molecular complexity index is 151. The van der Waals surface area contributed by atoms with Crippen molar-refractivity contribution in [3.8, 4) is 0 Å². The van der Waals surface area contributed by atoms with Crippen LogP contribution in [0.4, 0.5) is 0 Å². The first-order valence-corrected chi connectivity index (χ1v) is 6.30. The highest BCUT2D eigenvalue weighted by molar-refractivity contribution is 7.99. The molecule has 0 bridgehead atoms. The molecule has 84 valence electrons. The van der Waals surface area contributed by atoms with Crippen LogP contribution < -0.4 is 5.32 Å². The Morgan fingerprint density at radius 1 is 1.64 bits per heavy atom. The molecule has 1 saturated heterocycles. The molecule has 3 unspecified atom stereocenters. The van der Waals surface area contributed by atoms with Gasteiger partial charge in [0, 0.05) is 29.6 Å². The SMILES string of the molecule is CNC(CSC(C)CO)C1CCOC1. The number of aliphatic hydroxyl groups excluding tert-OH is 1. The molecule has 1 fully saturated rings. The van der Waals surface area contributed by atoms with Crippen molar-refractivity contribution in [1.29, 1.82) is 0 Å². The fraction of sp³-hybridized carbons (Fsp3) is 1.00. The van der Waals surface area contributed by atoms with Crippen molar-refractivity contribution in [2.45, 2.75) is 24.6 Å². The molecule has 14 heavy (non-hydrogen) atoms. The third kappa shape index (κ3) is 3.77. The molecular weight excluding hydrogens is 198 g/mol. The molecule has 2 N–H and O–H groups in total. The summed E-state index contributed by atoms with van der Waals surface area (Å²) in [7, 11) is 2.01. The van der Waals surface area contributed by atoms with Gasteiger partial charge in [-0.1, -0.05) is 6.92 Å². The van der Waals surface area contributed by atoms with Gasteiger partial charge >= 0.3 is 0 Å². The third-order valence-corrected chi connectivity index (χ3v) is 3.99. The molecule has 0 spiro atoms. The van der Waals surface area contributed by atoms with Gasteiger partial charge < -0.3 is 15.2 Å². The van der Waals surface area contributed by atoms with Crippen LogP contribution in [0.15, 0.2) is 0 Å². The Morgan fingerprint density at radius 3 is 2.93 bits per heavy atom. The first kappa shape index (κ1) is 12.3. The number of hydrogen-bond donors (Lipinski definition) is 2. The summed E-state index contributed by atoms with van der Waals surface area (Å²) in [6.07, 6.45) is 1.17. The van der Waals surface area contributed by atoms with Crippen LogP contribution in [0.5, 0.6) is 0 Å². The third-order valence-electron chi connectivity index (χ3n) is 2.72. The summed E-state index contributed by atoms with van der Waals surface area (Å²) in [6.45, 7) is 4.12. The van der Waals surface area contributed by atoms with Crippen LogP contribution in [-0.4, -0.2) is 49.0 Å². The Balaban J connectivity index is 2.23. The zero-order valence-electron chi connectivity index (χ0n) is 9.03. The molecule has 1 aliphatic heterocycles. The maximum Gasteiger partial charge on any atom is 0.0547 e. The standard InChI is InChI=1S/C10H21NO2S/c1-8(5-12)14-7-10(11-2)9-3-4-13-6-9/h8-12H,3-7H2,1-2H3. The summed E-state index contributed by atoms with van der Waals surface area (Å²) in [6, 6.07) is 0.525. The molecule has 0 radical (unpaired) electrons. The van der Waals surface area contributed by atoms with Gasteiger partial charge in [0.15, 0.2) is 0 Å². The van der Waals surface area contributed by atoms with Crippen molar-refractivity contribution in [2.75, 3.05) is 32.6 Å². The highest BCUT2D eigenvalue weighted by Crippen LogP contribution is 2.21. The molecule has 4 heteroatoms. The quantitative estimate of drug-likeness (QED) is 0.691. The van der Waals surface area contributed by atoms with E-state index in [1.807, 2.05) is 18.8 Å². The number of thioether (sulfide) groups is 1. The van der Waals surface area contributed by atoms with Crippen molar-refractivity contribution >= 4 is 11.8 Å². The zero-order chi connectivity index (χ0) is 10.4. The maximum atomic E-state index is 8.92.